The van der Waals surface area contributed by atoms with E-state index in [2.05, 4.69) is 5.32 Å². The SMILES string of the molecule is CN(C)S(=O)(=O)N1CSC[C@@H]1C(=O)Nc1cccc(F)c1. The smallest absolute Gasteiger partial charge is 0.282 e. The lowest BCUT2D eigenvalue weighted by atomic mass is 10.2. The number of benzene rings is 1. The molecule has 1 aliphatic rings. The summed E-state index contributed by atoms with van der Waals surface area (Å²) in [4.78, 5) is 12.2. The highest BCUT2D eigenvalue weighted by molar-refractivity contribution is 8.00. The summed E-state index contributed by atoms with van der Waals surface area (Å²) in [5.74, 6) is -0.335. The lowest BCUT2D eigenvalue weighted by molar-refractivity contribution is -0.118. The van der Waals surface area contributed by atoms with Crippen molar-refractivity contribution >= 4 is 33.6 Å². The molecule has 0 bridgehead atoms. The summed E-state index contributed by atoms with van der Waals surface area (Å²) in [5.41, 5.74) is 0.305. The van der Waals surface area contributed by atoms with Gasteiger partial charge in [-0.2, -0.15) is 17.0 Å². The monoisotopic (exact) mass is 333 g/mol. The van der Waals surface area contributed by atoms with E-state index in [-0.39, 0.29) is 5.88 Å². The van der Waals surface area contributed by atoms with E-state index in [1.54, 1.807) is 6.07 Å². The van der Waals surface area contributed by atoms with Gasteiger partial charge < -0.3 is 5.32 Å². The molecule has 0 unspecified atom stereocenters. The molecular weight excluding hydrogens is 317 g/mol. The van der Waals surface area contributed by atoms with Gasteiger partial charge in [-0.3, -0.25) is 4.79 Å². The molecule has 0 radical (unpaired) electrons. The van der Waals surface area contributed by atoms with Crippen LogP contribution < -0.4 is 5.32 Å². The number of amides is 1. The van der Waals surface area contributed by atoms with Crippen LogP contribution in [-0.2, 0) is 15.0 Å². The third-order valence-corrected chi connectivity index (χ3v) is 6.07. The number of carbonyl (C=O) groups excluding carboxylic acids is 1. The fraction of sp³-hybridized carbons (Fsp3) is 0.417. The normalized spacial score (nSPS) is 19.9. The summed E-state index contributed by atoms with van der Waals surface area (Å²) in [6, 6.07) is 4.68. The standard InChI is InChI=1S/C12H16FN3O3S2/c1-15(2)21(18,19)16-8-20-7-11(16)12(17)14-10-5-3-4-9(13)6-10/h3-6,11H,7-8H2,1-2H3,(H,14,17)/t11-/m1/s1. The fourth-order valence-electron chi connectivity index (χ4n) is 1.86. The molecule has 0 spiro atoms. The highest BCUT2D eigenvalue weighted by atomic mass is 32.2. The zero-order chi connectivity index (χ0) is 15.6. The van der Waals surface area contributed by atoms with Crippen molar-refractivity contribution in [3.05, 3.63) is 30.1 Å². The summed E-state index contributed by atoms with van der Waals surface area (Å²) in [5, 5.41) is 2.55. The Morgan fingerprint density at radius 2 is 2.19 bits per heavy atom. The molecule has 2 rings (SSSR count). The van der Waals surface area contributed by atoms with Crippen molar-refractivity contribution in [2.24, 2.45) is 0 Å². The van der Waals surface area contributed by atoms with Gasteiger partial charge in [0.2, 0.25) is 5.91 Å². The van der Waals surface area contributed by atoms with Crippen molar-refractivity contribution in [2.45, 2.75) is 6.04 Å². The van der Waals surface area contributed by atoms with Crippen LogP contribution in [0.2, 0.25) is 0 Å². The van der Waals surface area contributed by atoms with Gasteiger partial charge >= 0.3 is 0 Å². The third-order valence-electron chi connectivity index (χ3n) is 2.99. The highest BCUT2D eigenvalue weighted by Gasteiger charge is 2.40. The van der Waals surface area contributed by atoms with E-state index in [0.717, 1.165) is 8.61 Å². The highest BCUT2D eigenvalue weighted by Crippen LogP contribution is 2.26. The van der Waals surface area contributed by atoms with Crippen LogP contribution in [-0.4, -0.2) is 54.7 Å². The molecule has 0 saturated carbocycles. The van der Waals surface area contributed by atoms with Crippen LogP contribution in [0, 0.1) is 5.82 Å². The van der Waals surface area contributed by atoms with Crippen LogP contribution in [0.15, 0.2) is 24.3 Å². The molecule has 1 heterocycles. The van der Waals surface area contributed by atoms with Crippen molar-refractivity contribution in [3.8, 4) is 0 Å². The topological polar surface area (TPSA) is 69.7 Å². The van der Waals surface area contributed by atoms with Gasteiger partial charge in [-0.15, -0.1) is 11.8 Å². The summed E-state index contributed by atoms with van der Waals surface area (Å²) in [6.45, 7) is 0. The van der Waals surface area contributed by atoms with Crippen LogP contribution in [0.4, 0.5) is 10.1 Å². The Morgan fingerprint density at radius 3 is 2.81 bits per heavy atom. The number of thioether (sulfide) groups is 1. The maximum atomic E-state index is 13.1. The van der Waals surface area contributed by atoms with Gasteiger partial charge in [-0.25, -0.2) is 4.39 Å². The first-order valence-corrected chi connectivity index (χ1v) is 8.71. The summed E-state index contributed by atoms with van der Waals surface area (Å²) in [7, 11) is -0.827. The predicted octanol–water partition coefficient (Wildman–Crippen LogP) is 0.945. The minimum Gasteiger partial charge on any atom is -0.325 e. The van der Waals surface area contributed by atoms with Crippen LogP contribution in [0.25, 0.3) is 0 Å². The molecule has 1 amide bonds. The van der Waals surface area contributed by atoms with Gasteiger partial charge in [-0.1, -0.05) is 6.07 Å². The van der Waals surface area contributed by atoms with Gasteiger partial charge in [0.25, 0.3) is 10.2 Å². The van der Waals surface area contributed by atoms with E-state index in [1.165, 1.54) is 44.1 Å². The molecule has 116 valence electrons. The first-order chi connectivity index (χ1) is 9.82. The van der Waals surface area contributed by atoms with Crippen LogP contribution >= 0.6 is 11.8 Å². The first kappa shape index (κ1) is 16.2. The number of anilines is 1. The number of halogens is 1. The summed E-state index contributed by atoms with van der Waals surface area (Å²) < 4.78 is 39.6. The maximum Gasteiger partial charge on any atom is 0.282 e. The zero-order valence-corrected chi connectivity index (χ0v) is 13.2. The van der Waals surface area contributed by atoms with E-state index < -0.39 is 28.0 Å². The molecular formula is C12H16FN3O3S2. The molecule has 1 fully saturated rings. The lowest BCUT2D eigenvalue weighted by Gasteiger charge is -2.25. The molecule has 1 aromatic carbocycles. The number of nitrogens with one attached hydrogen (secondary N) is 1. The largest absolute Gasteiger partial charge is 0.325 e. The van der Waals surface area contributed by atoms with E-state index >= 15 is 0 Å². The van der Waals surface area contributed by atoms with Crippen LogP contribution in [0.1, 0.15) is 0 Å². The van der Waals surface area contributed by atoms with Crippen molar-refractivity contribution < 1.29 is 17.6 Å². The second-order valence-corrected chi connectivity index (χ2v) is 7.79. The summed E-state index contributed by atoms with van der Waals surface area (Å²) >= 11 is 1.36. The van der Waals surface area contributed by atoms with Crippen molar-refractivity contribution in [3.63, 3.8) is 0 Å². The number of hydrogen-bond donors (Lipinski definition) is 1. The molecule has 21 heavy (non-hydrogen) atoms. The molecule has 6 nitrogen and oxygen atoms in total. The van der Waals surface area contributed by atoms with Crippen molar-refractivity contribution in [1.29, 1.82) is 0 Å². The Labute approximate surface area is 127 Å². The van der Waals surface area contributed by atoms with E-state index in [9.17, 15) is 17.6 Å². The zero-order valence-electron chi connectivity index (χ0n) is 11.6. The average molecular weight is 333 g/mol. The first-order valence-electron chi connectivity index (χ1n) is 6.16. The van der Waals surface area contributed by atoms with E-state index in [0.29, 0.717) is 11.4 Å². The van der Waals surface area contributed by atoms with Gasteiger partial charge in [0.15, 0.2) is 0 Å². The molecule has 1 aliphatic heterocycles. The molecule has 1 aromatic rings. The Balaban J connectivity index is 2.15. The number of rotatable bonds is 4. The quantitative estimate of drug-likeness (QED) is 0.890. The predicted molar refractivity (Wildman–Crippen MR) is 80.6 cm³/mol. The van der Waals surface area contributed by atoms with E-state index in [1.807, 2.05) is 0 Å². The van der Waals surface area contributed by atoms with Gasteiger partial charge in [0, 0.05) is 25.5 Å². The Kier molecular flexibility index (Phi) is 4.87. The molecule has 1 atom stereocenters. The van der Waals surface area contributed by atoms with Gasteiger partial charge in [-0.05, 0) is 18.2 Å². The Bertz CT molecular complexity index is 636. The number of carbonyl (C=O) groups is 1. The van der Waals surface area contributed by atoms with E-state index in [4.69, 9.17) is 0 Å². The van der Waals surface area contributed by atoms with Crippen molar-refractivity contribution in [2.75, 3.05) is 31.0 Å². The minimum absolute atomic E-state index is 0.224. The average Bonchev–Trinajstić information content (AvgIpc) is 2.88. The second kappa shape index (κ2) is 6.30. The molecule has 0 aliphatic carbocycles. The third kappa shape index (κ3) is 3.54. The Morgan fingerprint density at radius 1 is 1.48 bits per heavy atom. The van der Waals surface area contributed by atoms with Crippen LogP contribution in [0.5, 0.6) is 0 Å². The Hall–Kier alpha value is -1.16. The second-order valence-electron chi connectivity index (χ2n) is 4.69. The number of hydrogen-bond acceptors (Lipinski definition) is 4. The van der Waals surface area contributed by atoms with Gasteiger partial charge in [0.1, 0.15) is 11.9 Å². The summed E-state index contributed by atoms with van der Waals surface area (Å²) in [6.07, 6.45) is 0. The molecule has 0 aromatic heterocycles. The van der Waals surface area contributed by atoms with Gasteiger partial charge in [0.05, 0.1) is 5.88 Å². The van der Waals surface area contributed by atoms with Crippen molar-refractivity contribution in [1.82, 2.24) is 8.61 Å². The maximum absolute atomic E-state index is 13.1. The minimum atomic E-state index is -3.66. The lowest BCUT2D eigenvalue weighted by Crippen LogP contribution is -2.48. The van der Waals surface area contributed by atoms with Crippen LogP contribution in [0.3, 0.4) is 0 Å². The molecule has 1 N–H and O–H groups in total. The molecule has 1 saturated heterocycles. The molecule has 9 heteroatoms. The fourth-order valence-corrected chi connectivity index (χ4v) is 4.64. The number of nitrogens with zero attached hydrogens (tertiary/aromatic N) is 2.